The molecule has 92 valence electrons. The van der Waals surface area contributed by atoms with Crippen LogP contribution < -0.4 is 4.90 Å². The first-order valence-electron chi connectivity index (χ1n) is 5.67. The first-order valence-corrected chi connectivity index (χ1v) is 5.67. The topological polar surface area (TPSA) is 62.7 Å². The third kappa shape index (κ3) is 2.94. The lowest BCUT2D eigenvalue weighted by molar-refractivity contribution is 0.0690. The maximum Gasteiger partial charge on any atom is 0.354 e. The second kappa shape index (κ2) is 5.14. The van der Waals surface area contributed by atoms with Crippen LogP contribution in [0.3, 0.4) is 0 Å². The van der Waals surface area contributed by atoms with Gasteiger partial charge in [0.2, 0.25) is 0 Å². The number of ether oxygens (including phenoxy) is 1. The van der Waals surface area contributed by atoms with E-state index in [1.165, 1.54) is 12.8 Å². The number of methoxy groups -OCH3 is 1. The van der Waals surface area contributed by atoms with Gasteiger partial charge in [0.15, 0.2) is 0 Å². The molecule has 0 atom stereocenters. The summed E-state index contributed by atoms with van der Waals surface area (Å²) in [7, 11) is 1.68. The average Bonchev–Trinajstić information content (AvgIpc) is 3.14. The van der Waals surface area contributed by atoms with Gasteiger partial charge >= 0.3 is 5.97 Å². The van der Waals surface area contributed by atoms with Crippen LogP contribution in [-0.4, -0.2) is 42.4 Å². The van der Waals surface area contributed by atoms with E-state index in [1.807, 2.05) is 6.07 Å². The number of carboxylic acids is 1. The van der Waals surface area contributed by atoms with Gasteiger partial charge in [-0.15, -0.1) is 0 Å². The molecule has 5 heteroatoms. The van der Waals surface area contributed by atoms with E-state index in [-0.39, 0.29) is 5.69 Å². The van der Waals surface area contributed by atoms with Crippen molar-refractivity contribution in [3.8, 4) is 0 Å². The zero-order valence-corrected chi connectivity index (χ0v) is 9.80. The van der Waals surface area contributed by atoms with E-state index in [4.69, 9.17) is 9.84 Å². The third-order valence-electron chi connectivity index (χ3n) is 2.82. The third-order valence-corrected chi connectivity index (χ3v) is 2.82. The van der Waals surface area contributed by atoms with Crippen LogP contribution in [0.1, 0.15) is 23.3 Å². The van der Waals surface area contributed by atoms with Crippen LogP contribution >= 0.6 is 0 Å². The predicted molar refractivity (Wildman–Crippen MR) is 63.4 cm³/mol. The number of carbonyl (C=O) groups is 1. The minimum atomic E-state index is -0.994. The van der Waals surface area contributed by atoms with Gasteiger partial charge in [0.1, 0.15) is 5.69 Å². The first-order chi connectivity index (χ1) is 8.22. The quantitative estimate of drug-likeness (QED) is 0.808. The van der Waals surface area contributed by atoms with Crippen molar-refractivity contribution < 1.29 is 14.6 Å². The summed E-state index contributed by atoms with van der Waals surface area (Å²) < 4.78 is 5.08. The van der Waals surface area contributed by atoms with E-state index in [0.717, 1.165) is 12.2 Å². The maximum atomic E-state index is 10.7. The molecule has 1 aromatic rings. The molecule has 5 nitrogen and oxygen atoms in total. The van der Waals surface area contributed by atoms with Gasteiger partial charge in [-0.1, -0.05) is 0 Å². The summed E-state index contributed by atoms with van der Waals surface area (Å²) in [6.07, 6.45) is 3.99. The molecule has 2 rings (SSSR count). The minimum absolute atomic E-state index is 0.0799. The molecule has 1 aliphatic carbocycles. The largest absolute Gasteiger partial charge is 0.477 e. The van der Waals surface area contributed by atoms with Gasteiger partial charge in [0.05, 0.1) is 18.5 Å². The molecule has 0 aliphatic heterocycles. The second-order valence-corrected chi connectivity index (χ2v) is 4.12. The molecule has 1 aromatic heterocycles. The highest BCUT2D eigenvalue weighted by atomic mass is 16.5. The van der Waals surface area contributed by atoms with Crippen LogP contribution in [0.15, 0.2) is 18.3 Å². The zero-order chi connectivity index (χ0) is 12.3. The highest BCUT2D eigenvalue weighted by Crippen LogP contribution is 2.30. The SMILES string of the molecule is COCCN(c1ccc(C(=O)O)nc1)C1CC1. The summed E-state index contributed by atoms with van der Waals surface area (Å²) in [6, 6.07) is 3.91. The van der Waals surface area contributed by atoms with Crippen molar-refractivity contribution >= 4 is 11.7 Å². The zero-order valence-electron chi connectivity index (χ0n) is 9.80. The molecule has 1 heterocycles. The molecule has 1 N–H and O–H groups in total. The van der Waals surface area contributed by atoms with Crippen LogP contribution in [0.5, 0.6) is 0 Å². The lowest BCUT2D eigenvalue weighted by atomic mass is 10.3. The van der Waals surface area contributed by atoms with Crippen molar-refractivity contribution in [1.82, 2.24) is 4.98 Å². The number of aromatic carboxylic acids is 1. The van der Waals surface area contributed by atoms with Gasteiger partial charge in [0, 0.05) is 19.7 Å². The fourth-order valence-electron chi connectivity index (χ4n) is 1.78. The molecular weight excluding hydrogens is 220 g/mol. The Hall–Kier alpha value is -1.62. The van der Waals surface area contributed by atoms with Crippen molar-refractivity contribution in [2.45, 2.75) is 18.9 Å². The van der Waals surface area contributed by atoms with Gasteiger partial charge < -0.3 is 14.7 Å². The van der Waals surface area contributed by atoms with Gasteiger partial charge in [-0.05, 0) is 25.0 Å². The summed E-state index contributed by atoms with van der Waals surface area (Å²) in [5.74, 6) is -0.994. The average molecular weight is 236 g/mol. The Morgan fingerprint density at radius 3 is 2.82 bits per heavy atom. The molecule has 0 bridgehead atoms. The monoisotopic (exact) mass is 236 g/mol. The normalized spacial score (nSPS) is 14.6. The number of anilines is 1. The molecule has 0 aromatic carbocycles. The standard InChI is InChI=1S/C12H16N2O3/c1-17-7-6-14(9-2-3-9)10-4-5-11(12(15)16)13-8-10/h4-5,8-9H,2-3,6-7H2,1H3,(H,15,16). The number of hydrogen-bond donors (Lipinski definition) is 1. The summed E-state index contributed by atoms with van der Waals surface area (Å²) >= 11 is 0. The number of carboxylic acid groups (broad SMARTS) is 1. The lowest BCUT2D eigenvalue weighted by Crippen LogP contribution is -2.29. The van der Waals surface area contributed by atoms with Crippen molar-refractivity contribution in [3.63, 3.8) is 0 Å². The Bertz CT molecular complexity index is 387. The molecule has 0 amide bonds. The lowest BCUT2D eigenvalue weighted by Gasteiger charge is -2.23. The van der Waals surface area contributed by atoms with Crippen LogP contribution in [0, 0.1) is 0 Å². The number of aromatic nitrogens is 1. The summed E-state index contributed by atoms with van der Waals surface area (Å²) in [5.41, 5.74) is 1.05. The van der Waals surface area contributed by atoms with Gasteiger partial charge in [0.25, 0.3) is 0 Å². The smallest absolute Gasteiger partial charge is 0.354 e. The molecule has 0 saturated heterocycles. The maximum absolute atomic E-state index is 10.7. The summed E-state index contributed by atoms with van der Waals surface area (Å²) in [6.45, 7) is 1.48. The number of nitrogens with zero attached hydrogens (tertiary/aromatic N) is 2. The van der Waals surface area contributed by atoms with Crippen LogP contribution in [0.2, 0.25) is 0 Å². The van der Waals surface area contributed by atoms with E-state index >= 15 is 0 Å². The van der Waals surface area contributed by atoms with Crippen molar-refractivity contribution in [2.24, 2.45) is 0 Å². The molecule has 0 radical (unpaired) electrons. The number of rotatable bonds is 6. The summed E-state index contributed by atoms with van der Waals surface area (Å²) in [4.78, 5) is 16.9. The molecule has 1 aliphatic rings. The number of pyridine rings is 1. The van der Waals surface area contributed by atoms with E-state index < -0.39 is 5.97 Å². The van der Waals surface area contributed by atoms with E-state index in [2.05, 4.69) is 9.88 Å². The molecular formula is C12H16N2O3. The fourth-order valence-corrected chi connectivity index (χ4v) is 1.78. The highest BCUT2D eigenvalue weighted by Gasteiger charge is 2.29. The Labute approximate surface area is 100 Å². The van der Waals surface area contributed by atoms with E-state index in [9.17, 15) is 4.79 Å². The highest BCUT2D eigenvalue weighted by molar-refractivity contribution is 5.85. The first kappa shape index (κ1) is 11.9. The molecule has 0 unspecified atom stereocenters. The Morgan fingerprint density at radius 2 is 2.35 bits per heavy atom. The van der Waals surface area contributed by atoms with Crippen LogP contribution in [0.4, 0.5) is 5.69 Å². The van der Waals surface area contributed by atoms with Crippen molar-refractivity contribution in [3.05, 3.63) is 24.0 Å². The second-order valence-electron chi connectivity index (χ2n) is 4.12. The molecule has 1 fully saturated rings. The molecule has 17 heavy (non-hydrogen) atoms. The minimum Gasteiger partial charge on any atom is -0.477 e. The Balaban J connectivity index is 2.09. The van der Waals surface area contributed by atoms with E-state index in [0.29, 0.717) is 12.6 Å². The van der Waals surface area contributed by atoms with Gasteiger partial charge in [-0.2, -0.15) is 0 Å². The van der Waals surface area contributed by atoms with Crippen molar-refractivity contribution in [1.29, 1.82) is 0 Å². The predicted octanol–water partition coefficient (Wildman–Crippen LogP) is 1.40. The molecule has 0 spiro atoms. The van der Waals surface area contributed by atoms with Gasteiger partial charge in [-0.25, -0.2) is 9.78 Å². The van der Waals surface area contributed by atoms with Crippen LogP contribution in [-0.2, 0) is 4.74 Å². The van der Waals surface area contributed by atoms with Crippen LogP contribution in [0.25, 0.3) is 0 Å². The summed E-state index contributed by atoms with van der Waals surface area (Å²) in [5, 5.41) is 8.78. The Morgan fingerprint density at radius 1 is 1.59 bits per heavy atom. The number of hydrogen-bond acceptors (Lipinski definition) is 4. The molecule has 1 saturated carbocycles. The Kier molecular flexibility index (Phi) is 3.58. The fraction of sp³-hybridized carbons (Fsp3) is 0.500. The van der Waals surface area contributed by atoms with Crippen molar-refractivity contribution in [2.75, 3.05) is 25.2 Å². The van der Waals surface area contributed by atoms with Gasteiger partial charge in [-0.3, -0.25) is 0 Å². The van der Waals surface area contributed by atoms with E-state index in [1.54, 1.807) is 19.4 Å².